The van der Waals surface area contributed by atoms with Crippen molar-refractivity contribution in [3.63, 3.8) is 0 Å². The van der Waals surface area contributed by atoms with Crippen LogP contribution in [0.3, 0.4) is 0 Å². The first-order chi connectivity index (χ1) is 18.2. The number of carbonyl (C=O) groups is 3. The smallest absolute Gasteiger partial charge is 0.249 e. The summed E-state index contributed by atoms with van der Waals surface area (Å²) in [6, 6.07) is -1.51. The molecule has 3 saturated heterocycles. The van der Waals surface area contributed by atoms with E-state index in [1.807, 2.05) is 45.1 Å². The first kappa shape index (κ1) is 27.3. The summed E-state index contributed by atoms with van der Waals surface area (Å²) >= 11 is 0. The van der Waals surface area contributed by atoms with Gasteiger partial charge in [-0.05, 0) is 12.8 Å². The molecule has 3 amide bonds. The summed E-state index contributed by atoms with van der Waals surface area (Å²) in [6.07, 6.45) is 8.32. The highest BCUT2D eigenvalue weighted by Crippen LogP contribution is 2.58. The van der Waals surface area contributed by atoms with Gasteiger partial charge in [-0.2, -0.15) is 0 Å². The van der Waals surface area contributed by atoms with Crippen LogP contribution in [-0.4, -0.2) is 132 Å². The van der Waals surface area contributed by atoms with E-state index in [4.69, 9.17) is 9.47 Å². The Hall–Kier alpha value is -2.27. The molecule has 10 nitrogen and oxygen atoms in total. The van der Waals surface area contributed by atoms with E-state index in [1.165, 1.54) is 0 Å². The van der Waals surface area contributed by atoms with Crippen molar-refractivity contribution in [2.24, 2.45) is 17.8 Å². The third-order valence-electron chi connectivity index (χ3n) is 9.41. The zero-order valence-electron chi connectivity index (χ0n) is 23.0. The number of ether oxygens (including phenoxy) is 2. The summed E-state index contributed by atoms with van der Waals surface area (Å²) in [4.78, 5) is 49.8. The van der Waals surface area contributed by atoms with E-state index in [9.17, 15) is 19.5 Å². The van der Waals surface area contributed by atoms with Crippen LogP contribution in [0.2, 0.25) is 0 Å². The van der Waals surface area contributed by atoms with Crippen LogP contribution in [0.25, 0.3) is 0 Å². The van der Waals surface area contributed by atoms with Gasteiger partial charge in [-0.3, -0.25) is 19.3 Å². The molecule has 0 aromatic heterocycles. The van der Waals surface area contributed by atoms with E-state index in [1.54, 1.807) is 21.7 Å². The van der Waals surface area contributed by atoms with E-state index in [-0.39, 0.29) is 30.2 Å². The molecule has 3 fully saturated rings. The molecule has 0 radical (unpaired) electrons. The molecule has 7 atom stereocenters. The summed E-state index contributed by atoms with van der Waals surface area (Å²) in [5, 5.41) is 10.5. The normalized spacial score (nSPS) is 37.1. The van der Waals surface area contributed by atoms with Gasteiger partial charge in [-0.1, -0.05) is 44.6 Å². The lowest BCUT2D eigenvalue weighted by Crippen LogP contribution is -2.60. The van der Waals surface area contributed by atoms with Gasteiger partial charge in [0.15, 0.2) is 0 Å². The van der Waals surface area contributed by atoms with E-state index in [0.717, 1.165) is 19.5 Å². The zero-order valence-corrected chi connectivity index (χ0v) is 23.0. The topological polar surface area (TPSA) is 103 Å². The van der Waals surface area contributed by atoms with Gasteiger partial charge in [-0.15, -0.1) is 0 Å². The highest BCUT2D eigenvalue weighted by atomic mass is 16.5. The molecule has 0 aromatic rings. The van der Waals surface area contributed by atoms with Crippen LogP contribution in [0.5, 0.6) is 0 Å². The van der Waals surface area contributed by atoms with Crippen LogP contribution < -0.4 is 0 Å². The number of likely N-dealkylation sites (tertiary alicyclic amines) is 1. The Morgan fingerprint density at radius 3 is 2.42 bits per heavy atom. The Labute approximate surface area is 225 Å². The fourth-order valence-corrected chi connectivity index (χ4v) is 7.09. The van der Waals surface area contributed by atoms with Crippen LogP contribution in [-0.2, 0) is 23.9 Å². The number of hydrogen-bond donors (Lipinski definition) is 1. The first-order valence-corrected chi connectivity index (χ1v) is 14.0. The average molecular weight is 531 g/mol. The third-order valence-corrected chi connectivity index (χ3v) is 9.41. The Morgan fingerprint density at radius 1 is 1.03 bits per heavy atom. The lowest BCUT2D eigenvalue weighted by molar-refractivity contribution is -0.157. The molecular formula is C28H42N4O6. The minimum Gasteiger partial charge on any atom is -0.394 e. The van der Waals surface area contributed by atoms with Crippen molar-refractivity contribution in [3.05, 3.63) is 24.3 Å². The second-order valence-electron chi connectivity index (χ2n) is 11.6. The SMILES string of the molecule is CC[C@H](C)[C@H](CO)N1C(=O)[C@@H]2[C@H]3C(=O)N(C)CC=C[C@@]3(C)O[C@@]23C=CCN(CCN2CCOCC2)C(=O)C13. The number of amides is 3. The number of hydrogen-bond acceptors (Lipinski definition) is 7. The molecule has 1 N–H and O–H groups in total. The predicted molar refractivity (Wildman–Crippen MR) is 140 cm³/mol. The standard InChI is InChI=1S/C28H42N4O6/c1-5-19(2)20(18-33)32-23-26(36)31(13-12-30-14-16-37-17-15-30)11-7-9-28(23)22(25(32)35)21-24(34)29(4)10-6-8-27(21,3)38-28/h6-9,19-23,33H,5,10-18H2,1-4H3/t19-,20-,21-,22-,23?,27+,28-/m0/s1. The molecule has 5 aliphatic heterocycles. The molecule has 1 unspecified atom stereocenters. The summed E-state index contributed by atoms with van der Waals surface area (Å²) in [7, 11) is 1.73. The van der Waals surface area contributed by atoms with Gasteiger partial charge in [0, 0.05) is 46.3 Å². The highest BCUT2D eigenvalue weighted by molar-refractivity contribution is 6.00. The van der Waals surface area contributed by atoms with Crippen LogP contribution >= 0.6 is 0 Å². The average Bonchev–Trinajstić information content (AvgIpc) is 3.19. The second kappa shape index (κ2) is 10.4. The maximum atomic E-state index is 14.4. The van der Waals surface area contributed by atoms with Crippen LogP contribution in [0.1, 0.15) is 27.2 Å². The Morgan fingerprint density at radius 2 is 1.74 bits per heavy atom. The summed E-state index contributed by atoms with van der Waals surface area (Å²) in [6.45, 7) is 10.7. The molecule has 5 aliphatic rings. The Bertz CT molecular complexity index is 1010. The lowest BCUT2D eigenvalue weighted by atomic mass is 9.74. The van der Waals surface area contributed by atoms with Crippen molar-refractivity contribution >= 4 is 17.7 Å². The number of rotatable bonds is 7. The van der Waals surface area contributed by atoms with Crippen LogP contribution in [0, 0.1) is 17.8 Å². The zero-order chi connectivity index (χ0) is 27.2. The van der Waals surface area contributed by atoms with Crippen molar-refractivity contribution in [1.29, 1.82) is 0 Å². The molecule has 1 spiro atoms. The van der Waals surface area contributed by atoms with Crippen molar-refractivity contribution < 1.29 is 29.0 Å². The molecule has 38 heavy (non-hydrogen) atoms. The molecular weight excluding hydrogens is 488 g/mol. The molecule has 5 heterocycles. The summed E-state index contributed by atoms with van der Waals surface area (Å²) in [5.41, 5.74) is -2.31. The summed E-state index contributed by atoms with van der Waals surface area (Å²) in [5.74, 6) is -2.29. The third kappa shape index (κ3) is 4.20. The van der Waals surface area contributed by atoms with Gasteiger partial charge in [-0.25, -0.2) is 0 Å². The van der Waals surface area contributed by atoms with Crippen molar-refractivity contribution in [3.8, 4) is 0 Å². The van der Waals surface area contributed by atoms with Crippen molar-refractivity contribution in [1.82, 2.24) is 19.6 Å². The maximum Gasteiger partial charge on any atom is 0.249 e. The molecule has 0 saturated carbocycles. The monoisotopic (exact) mass is 530 g/mol. The molecule has 0 aromatic carbocycles. The van der Waals surface area contributed by atoms with Crippen molar-refractivity contribution in [2.45, 2.75) is 50.5 Å². The molecule has 5 rings (SSSR count). The van der Waals surface area contributed by atoms with E-state index >= 15 is 0 Å². The molecule has 10 heteroatoms. The highest BCUT2D eigenvalue weighted by Gasteiger charge is 2.75. The number of nitrogens with zero attached hydrogens (tertiary/aromatic N) is 4. The van der Waals surface area contributed by atoms with Crippen LogP contribution in [0.15, 0.2) is 24.3 Å². The first-order valence-electron chi connectivity index (χ1n) is 14.0. The van der Waals surface area contributed by atoms with E-state index in [2.05, 4.69) is 4.90 Å². The minimum absolute atomic E-state index is 0.0413. The molecule has 210 valence electrons. The van der Waals surface area contributed by atoms with Gasteiger partial charge < -0.3 is 29.3 Å². The lowest BCUT2D eigenvalue weighted by Gasteiger charge is -2.41. The maximum absolute atomic E-state index is 14.4. The number of aliphatic hydroxyl groups excluding tert-OH is 1. The molecule has 0 aliphatic carbocycles. The van der Waals surface area contributed by atoms with Gasteiger partial charge in [0.25, 0.3) is 0 Å². The Kier molecular flexibility index (Phi) is 7.45. The fraction of sp³-hybridized carbons (Fsp3) is 0.750. The van der Waals surface area contributed by atoms with E-state index < -0.39 is 35.1 Å². The summed E-state index contributed by atoms with van der Waals surface area (Å²) < 4.78 is 12.3. The largest absolute Gasteiger partial charge is 0.394 e. The number of likely N-dealkylation sites (N-methyl/N-ethyl adjacent to an activating group) is 1. The number of morpholine rings is 1. The molecule has 0 bridgehead atoms. The van der Waals surface area contributed by atoms with Crippen molar-refractivity contribution in [2.75, 3.05) is 66.1 Å². The number of aliphatic hydroxyl groups is 1. The second-order valence-corrected chi connectivity index (χ2v) is 11.6. The fourth-order valence-electron chi connectivity index (χ4n) is 7.09. The number of fused-ring (bicyclic) bond motifs is 2. The van der Waals surface area contributed by atoms with E-state index in [0.29, 0.717) is 39.4 Å². The number of carbonyl (C=O) groups excluding carboxylic acids is 3. The minimum atomic E-state index is -1.29. The van der Waals surface area contributed by atoms with Gasteiger partial charge in [0.05, 0.1) is 43.3 Å². The quantitative estimate of drug-likeness (QED) is 0.467. The van der Waals surface area contributed by atoms with Gasteiger partial charge in [0.1, 0.15) is 11.6 Å². The van der Waals surface area contributed by atoms with Crippen LogP contribution in [0.4, 0.5) is 0 Å². The van der Waals surface area contributed by atoms with Gasteiger partial charge >= 0.3 is 0 Å². The Balaban J connectivity index is 1.56. The van der Waals surface area contributed by atoms with Gasteiger partial charge in [0.2, 0.25) is 17.7 Å². The predicted octanol–water partition coefficient (Wildman–Crippen LogP) is 0.123.